The van der Waals surface area contributed by atoms with Crippen molar-refractivity contribution in [2.24, 2.45) is 0 Å². The first kappa shape index (κ1) is 17.9. The molecular formula is C17H21N3O3S. The SMILES string of the molecule is C=C(NC(C(=C)NC(=O)c1csc(CCC)n1)=C1CC1)C(=O)OC. The smallest absolute Gasteiger partial charge is 0.353 e. The Morgan fingerprint density at radius 3 is 2.58 bits per heavy atom. The quantitative estimate of drug-likeness (QED) is 0.558. The molecule has 1 aromatic heterocycles. The molecule has 0 spiro atoms. The molecular weight excluding hydrogens is 326 g/mol. The summed E-state index contributed by atoms with van der Waals surface area (Å²) in [4.78, 5) is 28.1. The number of hydrogen-bond donors (Lipinski definition) is 2. The van der Waals surface area contributed by atoms with E-state index in [1.54, 1.807) is 5.38 Å². The molecule has 0 saturated heterocycles. The summed E-state index contributed by atoms with van der Waals surface area (Å²) in [7, 11) is 1.28. The Hall–Kier alpha value is -2.41. The van der Waals surface area contributed by atoms with E-state index < -0.39 is 5.97 Å². The number of carbonyl (C=O) groups excluding carboxylic acids is 2. The van der Waals surface area contributed by atoms with Gasteiger partial charge in [-0.05, 0) is 31.3 Å². The van der Waals surface area contributed by atoms with Crippen molar-refractivity contribution >= 4 is 23.2 Å². The van der Waals surface area contributed by atoms with Crippen LogP contribution in [-0.4, -0.2) is 24.0 Å². The molecule has 0 bridgehead atoms. The first-order valence-electron chi connectivity index (χ1n) is 7.67. The maximum absolute atomic E-state index is 12.3. The summed E-state index contributed by atoms with van der Waals surface area (Å²) in [5.41, 5.74) is 2.55. The molecule has 1 saturated carbocycles. The zero-order valence-corrected chi connectivity index (χ0v) is 14.7. The van der Waals surface area contributed by atoms with Crippen LogP contribution in [0.4, 0.5) is 0 Å². The molecule has 2 rings (SSSR count). The molecule has 1 aromatic rings. The van der Waals surface area contributed by atoms with Crippen LogP contribution in [0.3, 0.4) is 0 Å². The minimum Gasteiger partial charge on any atom is -0.464 e. The van der Waals surface area contributed by atoms with Gasteiger partial charge in [0, 0.05) is 5.38 Å². The molecule has 1 aliphatic carbocycles. The van der Waals surface area contributed by atoms with Gasteiger partial charge in [-0.15, -0.1) is 11.3 Å². The minimum atomic E-state index is -0.559. The van der Waals surface area contributed by atoms with Crippen molar-refractivity contribution in [3.8, 4) is 0 Å². The number of nitrogens with one attached hydrogen (secondary N) is 2. The number of allylic oxidation sites excluding steroid dienone is 1. The maximum Gasteiger partial charge on any atom is 0.353 e. The van der Waals surface area contributed by atoms with Crippen LogP contribution in [0.1, 0.15) is 41.7 Å². The van der Waals surface area contributed by atoms with E-state index in [0.717, 1.165) is 36.3 Å². The number of ether oxygens (including phenoxy) is 1. The molecule has 6 nitrogen and oxygen atoms in total. The van der Waals surface area contributed by atoms with Gasteiger partial charge in [-0.2, -0.15) is 0 Å². The second-order valence-corrected chi connectivity index (χ2v) is 6.33. The zero-order valence-electron chi connectivity index (χ0n) is 13.9. The van der Waals surface area contributed by atoms with E-state index in [1.807, 2.05) is 0 Å². The van der Waals surface area contributed by atoms with Crippen molar-refractivity contribution in [1.29, 1.82) is 0 Å². The zero-order chi connectivity index (χ0) is 17.7. The Balaban J connectivity index is 2.03. The topological polar surface area (TPSA) is 80.3 Å². The first-order chi connectivity index (χ1) is 11.5. The number of methoxy groups -OCH3 is 1. The number of thiazole rings is 1. The van der Waals surface area contributed by atoms with Gasteiger partial charge in [0.05, 0.1) is 23.5 Å². The lowest BCUT2D eigenvalue weighted by Crippen LogP contribution is -2.29. The summed E-state index contributed by atoms with van der Waals surface area (Å²) in [6.45, 7) is 9.59. The predicted octanol–water partition coefficient (Wildman–Crippen LogP) is 2.66. The van der Waals surface area contributed by atoms with Crippen molar-refractivity contribution in [3.63, 3.8) is 0 Å². The second-order valence-electron chi connectivity index (χ2n) is 5.38. The number of aromatic nitrogens is 1. The maximum atomic E-state index is 12.3. The number of amides is 1. The summed E-state index contributed by atoms with van der Waals surface area (Å²) in [6, 6.07) is 0. The number of carbonyl (C=O) groups is 2. The fourth-order valence-electron chi connectivity index (χ4n) is 2.02. The normalized spacial score (nSPS) is 12.3. The van der Waals surface area contributed by atoms with Crippen LogP contribution in [-0.2, 0) is 16.0 Å². The van der Waals surface area contributed by atoms with Gasteiger partial charge in [0.25, 0.3) is 5.91 Å². The van der Waals surface area contributed by atoms with Gasteiger partial charge in [0.15, 0.2) is 0 Å². The lowest BCUT2D eigenvalue weighted by Gasteiger charge is -2.15. The van der Waals surface area contributed by atoms with E-state index in [4.69, 9.17) is 0 Å². The molecule has 24 heavy (non-hydrogen) atoms. The molecule has 1 heterocycles. The van der Waals surface area contributed by atoms with Gasteiger partial charge < -0.3 is 15.4 Å². The van der Waals surface area contributed by atoms with Crippen LogP contribution in [0.25, 0.3) is 0 Å². The van der Waals surface area contributed by atoms with Crippen LogP contribution < -0.4 is 10.6 Å². The Morgan fingerprint density at radius 1 is 1.29 bits per heavy atom. The monoisotopic (exact) mass is 347 g/mol. The fourth-order valence-corrected chi connectivity index (χ4v) is 2.90. The molecule has 0 atom stereocenters. The largest absolute Gasteiger partial charge is 0.464 e. The van der Waals surface area contributed by atoms with Crippen molar-refractivity contribution in [2.75, 3.05) is 7.11 Å². The lowest BCUT2D eigenvalue weighted by molar-refractivity contribution is -0.136. The molecule has 1 aliphatic rings. The molecule has 1 amide bonds. The predicted molar refractivity (Wildman–Crippen MR) is 93.3 cm³/mol. The van der Waals surface area contributed by atoms with Gasteiger partial charge >= 0.3 is 5.97 Å². The summed E-state index contributed by atoms with van der Waals surface area (Å²) < 4.78 is 4.62. The van der Waals surface area contributed by atoms with Gasteiger partial charge in [-0.1, -0.05) is 20.1 Å². The van der Waals surface area contributed by atoms with E-state index in [-0.39, 0.29) is 11.6 Å². The summed E-state index contributed by atoms with van der Waals surface area (Å²) >= 11 is 1.47. The molecule has 128 valence electrons. The van der Waals surface area contributed by atoms with E-state index >= 15 is 0 Å². The highest BCUT2D eigenvalue weighted by atomic mass is 32.1. The Bertz CT molecular complexity index is 712. The molecule has 7 heteroatoms. The van der Waals surface area contributed by atoms with Crippen LogP contribution in [0.5, 0.6) is 0 Å². The molecule has 0 unspecified atom stereocenters. The third kappa shape index (κ3) is 4.55. The summed E-state index contributed by atoms with van der Waals surface area (Å²) in [6.07, 6.45) is 3.62. The number of aryl methyl sites for hydroxylation is 1. The first-order valence-corrected chi connectivity index (χ1v) is 8.55. The number of esters is 1. The van der Waals surface area contributed by atoms with E-state index in [9.17, 15) is 9.59 Å². The highest BCUT2D eigenvalue weighted by Gasteiger charge is 2.23. The van der Waals surface area contributed by atoms with Gasteiger partial charge in [0.1, 0.15) is 11.4 Å². The average molecular weight is 347 g/mol. The van der Waals surface area contributed by atoms with Crippen molar-refractivity contribution in [1.82, 2.24) is 15.6 Å². The third-order valence-electron chi connectivity index (χ3n) is 3.38. The number of rotatable bonds is 8. The van der Waals surface area contributed by atoms with Gasteiger partial charge in [-0.25, -0.2) is 9.78 Å². The Kier molecular flexibility index (Phi) is 5.92. The minimum absolute atomic E-state index is 0.0983. The van der Waals surface area contributed by atoms with Gasteiger partial charge in [0.2, 0.25) is 0 Å². The van der Waals surface area contributed by atoms with Gasteiger partial charge in [-0.3, -0.25) is 4.79 Å². The number of hydrogen-bond acceptors (Lipinski definition) is 6. The second kappa shape index (κ2) is 7.92. The van der Waals surface area contributed by atoms with Crippen LogP contribution in [0.15, 0.2) is 41.2 Å². The van der Waals surface area contributed by atoms with Crippen molar-refractivity contribution in [3.05, 3.63) is 51.9 Å². The Morgan fingerprint density at radius 2 is 2.00 bits per heavy atom. The van der Waals surface area contributed by atoms with E-state index in [2.05, 4.69) is 40.4 Å². The Labute approximate surface area is 145 Å². The molecule has 0 radical (unpaired) electrons. The third-order valence-corrected chi connectivity index (χ3v) is 4.28. The van der Waals surface area contributed by atoms with E-state index in [1.165, 1.54) is 18.4 Å². The molecule has 1 fully saturated rings. The summed E-state index contributed by atoms with van der Waals surface area (Å²) in [5.74, 6) is -0.876. The lowest BCUT2D eigenvalue weighted by atomic mass is 10.2. The van der Waals surface area contributed by atoms with Crippen molar-refractivity contribution < 1.29 is 14.3 Å². The highest BCUT2D eigenvalue weighted by Crippen LogP contribution is 2.33. The van der Waals surface area contributed by atoms with Crippen molar-refractivity contribution in [2.45, 2.75) is 32.6 Å². The number of nitrogens with zero attached hydrogens (tertiary/aromatic N) is 1. The van der Waals surface area contributed by atoms with Crippen LogP contribution >= 0.6 is 11.3 Å². The van der Waals surface area contributed by atoms with E-state index in [0.29, 0.717) is 17.1 Å². The molecule has 0 aliphatic heterocycles. The summed E-state index contributed by atoms with van der Waals surface area (Å²) in [5, 5.41) is 8.29. The fraction of sp³-hybridized carbons (Fsp3) is 0.353. The van der Waals surface area contributed by atoms with Crippen LogP contribution in [0, 0.1) is 0 Å². The highest BCUT2D eigenvalue weighted by molar-refractivity contribution is 7.09. The molecule has 0 aromatic carbocycles. The van der Waals surface area contributed by atoms with Crippen LogP contribution in [0.2, 0.25) is 0 Å². The standard InChI is InChI=1S/C17H21N3O3S/c1-5-6-14-20-13(9-24-14)16(21)19-10(2)15(12-7-8-12)18-11(3)17(22)23-4/h9,18H,2-3,5-8H2,1,4H3,(H,19,21). The average Bonchev–Trinajstić information content (AvgIpc) is 3.29. The molecule has 2 N–H and O–H groups in total.